The highest BCUT2D eigenvalue weighted by Gasteiger charge is 2.18. The van der Waals surface area contributed by atoms with Crippen LogP contribution in [-0.4, -0.2) is 72.5 Å². The number of fused-ring (bicyclic) bond motifs is 2. The third kappa shape index (κ3) is 5.90. The molecule has 33 heavy (non-hydrogen) atoms. The fourth-order valence-electron chi connectivity index (χ4n) is 3.87. The summed E-state index contributed by atoms with van der Waals surface area (Å²) in [5, 5.41) is 13.9. The Morgan fingerprint density at radius 2 is 1.61 bits per heavy atom. The molecule has 9 nitrogen and oxygen atoms in total. The van der Waals surface area contributed by atoms with Crippen molar-refractivity contribution in [3.05, 3.63) is 11.6 Å². The van der Waals surface area contributed by atoms with Crippen molar-refractivity contribution in [2.45, 2.75) is 33.1 Å². The van der Waals surface area contributed by atoms with E-state index in [0.717, 1.165) is 75.3 Å². The minimum absolute atomic E-state index is 0.0543. The van der Waals surface area contributed by atoms with Crippen molar-refractivity contribution in [1.82, 2.24) is 25.5 Å². The smallest absolute Gasteiger partial charge is 0.241 e. The number of benzene rings is 1. The van der Waals surface area contributed by atoms with Crippen molar-refractivity contribution in [2.24, 2.45) is 0 Å². The summed E-state index contributed by atoms with van der Waals surface area (Å²) in [5.74, 6) is 0.0797. The fraction of sp³-hybridized carbons (Fsp3) is 0.545. The van der Waals surface area contributed by atoms with Crippen LogP contribution in [0.15, 0.2) is 6.07 Å². The van der Waals surface area contributed by atoms with Crippen molar-refractivity contribution < 1.29 is 9.59 Å². The number of nitrogens with zero attached hydrogens (tertiary/aromatic N) is 3. The number of likely N-dealkylation sites (tertiary alicyclic amines) is 1. The monoisotopic (exact) mass is 489 g/mol. The molecular formula is C22H31N7O2S2. The molecule has 4 rings (SSSR count). The Kier molecular flexibility index (Phi) is 7.94. The largest absolute Gasteiger partial charge is 0.353 e. The SMILES string of the molecule is CCNCCNC(=O)CNc1nc2c(C)c3nc(NCC(=O)N4CCCCC4)sc3cc2s1. The van der Waals surface area contributed by atoms with Crippen molar-refractivity contribution in [2.75, 3.05) is 56.4 Å². The van der Waals surface area contributed by atoms with Crippen molar-refractivity contribution in [1.29, 1.82) is 0 Å². The summed E-state index contributed by atoms with van der Waals surface area (Å²) in [7, 11) is 0. The molecule has 1 aliphatic heterocycles. The molecule has 0 atom stereocenters. The number of carbonyl (C=O) groups is 2. The van der Waals surface area contributed by atoms with Crippen LogP contribution in [0.2, 0.25) is 0 Å². The number of hydrogen-bond acceptors (Lipinski definition) is 9. The van der Waals surface area contributed by atoms with Crippen LogP contribution < -0.4 is 21.3 Å². The average molecular weight is 490 g/mol. The number of aromatic nitrogens is 2. The molecule has 0 unspecified atom stereocenters. The molecule has 1 aliphatic rings. The normalized spacial score (nSPS) is 14.1. The Bertz CT molecular complexity index is 1120. The van der Waals surface area contributed by atoms with Gasteiger partial charge in [0, 0.05) is 31.7 Å². The van der Waals surface area contributed by atoms with E-state index in [1.54, 1.807) is 11.3 Å². The number of aryl methyl sites for hydroxylation is 1. The van der Waals surface area contributed by atoms with Crippen LogP contribution in [0.5, 0.6) is 0 Å². The number of piperidine rings is 1. The lowest BCUT2D eigenvalue weighted by molar-refractivity contribution is -0.130. The van der Waals surface area contributed by atoms with Gasteiger partial charge in [-0.3, -0.25) is 9.59 Å². The Balaban J connectivity index is 1.38. The second-order valence-electron chi connectivity index (χ2n) is 8.09. The molecule has 4 N–H and O–H groups in total. The second-order valence-corrected chi connectivity index (χ2v) is 10.1. The van der Waals surface area contributed by atoms with Crippen LogP contribution in [0.3, 0.4) is 0 Å². The molecule has 0 spiro atoms. The van der Waals surface area contributed by atoms with Gasteiger partial charge in [-0.1, -0.05) is 29.6 Å². The Labute approximate surface area is 201 Å². The Morgan fingerprint density at radius 1 is 0.970 bits per heavy atom. The zero-order chi connectivity index (χ0) is 23.2. The highest BCUT2D eigenvalue weighted by atomic mass is 32.1. The maximum absolute atomic E-state index is 12.4. The van der Waals surface area contributed by atoms with E-state index in [1.807, 2.05) is 18.7 Å². The molecule has 2 aromatic heterocycles. The molecule has 1 saturated heterocycles. The van der Waals surface area contributed by atoms with Gasteiger partial charge in [0.25, 0.3) is 0 Å². The highest BCUT2D eigenvalue weighted by Crippen LogP contribution is 2.36. The first-order valence-corrected chi connectivity index (χ1v) is 13.1. The Morgan fingerprint density at radius 3 is 2.24 bits per heavy atom. The lowest BCUT2D eigenvalue weighted by Gasteiger charge is -2.26. The maximum atomic E-state index is 12.4. The molecule has 0 radical (unpaired) electrons. The van der Waals surface area contributed by atoms with E-state index in [0.29, 0.717) is 6.54 Å². The van der Waals surface area contributed by atoms with Gasteiger partial charge in [0.2, 0.25) is 11.8 Å². The summed E-state index contributed by atoms with van der Waals surface area (Å²) >= 11 is 3.08. The van der Waals surface area contributed by atoms with Gasteiger partial charge >= 0.3 is 0 Å². The third-order valence-electron chi connectivity index (χ3n) is 5.65. The van der Waals surface area contributed by atoms with Crippen LogP contribution in [0.25, 0.3) is 20.4 Å². The van der Waals surface area contributed by atoms with Crippen LogP contribution in [0.4, 0.5) is 10.3 Å². The van der Waals surface area contributed by atoms with Crippen molar-refractivity contribution >= 4 is 65.2 Å². The summed E-state index contributed by atoms with van der Waals surface area (Å²) in [6.45, 7) is 8.49. The average Bonchev–Trinajstić information content (AvgIpc) is 3.44. The van der Waals surface area contributed by atoms with E-state index in [2.05, 4.69) is 32.3 Å². The molecule has 1 fully saturated rings. The summed E-state index contributed by atoms with van der Waals surface area (Å²) in [6, 6.07) is 2.09. The fourth-order valence-corrected chi connectivity index (χ4v) is 5.87. The third-order valence-corrected chi connectivity index (χ3v) is 7.57. The van der Waals surface area contributed by atoms with Gasteiger partial charge in [-0.05, 0) is 38.8 Å². The molecular weight excluding hydrogens is 458 g/mol. The summed E-state index contributed by atoms with van der Waals surface area (Å²) < 4.78 is 2.11. The number of amides is 2. The van der Waals surface area contributed by atoms with E-state index in [4.69, 9.17) is 4.98 Å². The quantitative estimate of drug-likeness (QED) is 0.324. The van der Waals surface area contributed by atoms with E-state index < -0.39 is 0 Å². The number of nitrogens with one attached hydrogen (secondary N) is 4. The Hall–Kier alpha value is -2.50. The molecule has 0 saturated carbocycles. The van der Waals surface area contributed by atoms with E-state index in [1.165, 1.54) is 17.8 Å². The molecule has 0 bridgehead atoms. The molecule has 0 aliphatic carbocycles. The second kappa shape index (κ2) is 11.1. The van der Waals surface area contributed by atoms with Gasteiger partial charge in [0.15, 0.2) is 10.3 Å². The molecule has 178 valence electrons. The lowest BCUT2D eigenvalue weighted by atomic mass is 10.1. The van der Waals surface area contributed by atoms with E-state index in [9.17, 15) is 9.59 Å². The van der Waals surface area contributed by atoms with Crippen molar-refractivity contribution in [3.63, 3.8) is 0 Å². The van der Waals surface area contributed by atoms with Crippen LogP contribution in [-0.2, 0) is 9.59 Å². The summed E-state index contributed by atoms with van der Waals surface area (Å²) in [5.41, 5.74) is 2.80. The van der Waals surface area contributed by atoms with Gasteiger partial charge in [0.1, 0.15) is 0 Å². The number of hydrogen-bond donors (Lipinski definition) is 4. The standard InChI is InChI=1S/C22H31N7O2S2/c1-3-23-7-8-24-17(30)12-25-21-27-19-14(2)20-16(11-15(19)32-21)33-22(28-20)26-13-18(31)29-9-5-4-6-10-29/h11,23H,3-10,12-13H2,1-2H3,(H,24,30)(H,25,27)(H,26,28). The molecule has 2 amide bonds. The predicted octanol–water partition coefficient (Wildman–Crippen LogP) is 2.78. The number of rotatable bonds is 10. The minimum Gasteiger partial charge on any atom is -0.353 e. The number of carbonyl (C=O) groups excluding carboxylic acids is 2. The molecule has 3 heterocycles. The molecule has 1 aromatic carbocycles. The predicted molar refractivity (Wildman–Crippen MR) is 136 cm³/mol. The zero-order valence-corrected chi connectivity index (χ0v) is 20.8. The first-order valence-electron chi connectivity index (χ1n) is 11.5. The van der Waals surface area contributed by atoms with Crippen LogP contribution >= 0.6 is 22.7 Å². The highest BCUT2D eigenvalue weighted by molar-refractivity contribution is 7.24. The number of anilines is 2. The van der Waals surface area contributed by atoms with Gasteiger partial charge in [-0.15, -0.1) is 0 Å². The van der Waals surface area contributed by atoms with Crippen LogP contribution in [0.1, 0.15) is 31.7 Å². The topological polar surface area (TPSA) is 111 Å². The van der Waals surface area contributed by atoms with Gasteiger partial charge < -0.3 is 26.2 Å². The summed E-state index contributed by atoms with van der Waals surface area (Å²) in [6.07, 6.45) is 3.39. The maximum Gasteiger partial charge on any atom is 0.241 e. The van der Waals surface area contributed by atoms with Gasteiger partial charge in [0.05, 0.1) is 33.5 Å². The van der Waals surface area contributed by atoms with Crippen molar-refractivity contribution in [3.8, 4) is 0 Å². The van der Waals surface area contributed by atoms with E-state index in [-0.39, 0.29) is 24.9 Å². The van der Waals surface area contributed by atoms with E-state index >= 15 is 0 Å². The minimum atomic E-state index is -0.0543. The van der Waals surface area contributed by atoms with Crippen LogP contribution in [0, 0.1) is 6.92 Å². The first kappa shape index (κ1) is 23.7. The number of thiazole rings is 2. The van der Waals surface area contributed by atoms with Gasteiger partial charge in [-0.2, -0.15) is 0 Å². The zero-order valence-electron chi connectivity index (χ0n) is 19.1. The first-order chi connectivity index (χ1) is 16.0. The summed E-state index contributed by atoms with van der Waals surface area (Å²) in [4.78, 5) is 35.8. The lowest BCUT2D eigenvalue weighted by Crippen LogP contribution is -2.39. The van der Waals surface area contributed by atoms with Gasteiger partial charge in [-0.25, -0.2) is 9.97 Å². The molecule has 11 heteroatoms. The molecule has 3 aromatic rings. The number of likely N-dealkylation sites (N-methyl/N-ethyl adjacent to an activating group) is 1.